The summed E-state index contributed by atoms with van der Waals surface area (Å²) in [5, 5.41) is 4.72. The molecule has 2 N–H and O–H groups in total. The van der Waals surface area contributed by atoms with Gasteiger partial charge < -0.3 is 15.5 Å². The quantitative estimate of drug-likeness (QED) is 0.892. The number of amides is 3. The van der Waals surface area contributed by atoms with Crippen molar-refractivity contribution < 1.29 is 18.4 Å². The van der Waals surface area contributed by atoms with Crippen molar-refractivity contribution in [3.05, 3.63) is 29.8 Å². The fraction of sp³-hybridized carbons (Fsp3) is 0.429. The number of nitrogens with zero attached hydrogens (tertiary/aromatic N) is 1. The highest BCUT2D eigenvalue weighted by atomic mass is 32.2. The van der Waals surface area contributed by atoms with Crippen LogP contribution in [0.3, 0.4) is 0 Å². The van der Waals surface area contributed by atoms with Crippen molar-refractivity contribution in [1.29, 1.82) is 0 Å². The predicted molar refractivity (Wildman–Crippen MR) is 81.9 cm³/mol. The van der Waals surface area contributed by atoms with Crippen LogP contribution in [0, 0.1) is 11.6 Å². The molecule has 22 heavy (non-hydrogen) atoms. The molecule has 0 aromatic heterocycles. The third-order valence-electron chi connectivity index (χ3n) is 3.22. The van der Waals surface area contributed by atoms with Crippen molar-refractivity contribution in [2.45, 2.75) is 13.0 Å². The monoisotopic (exact) mass is 329 g/mol. The lowest BCUT2D eigenvalue weighted by Crippen LogP contribution is -2.50. The van der Waals surface area contributed by atoms with Gasteiger partial charge in [-0.25, -0.2) is 13.6 Å². The Kier molecular flexibility index (Phi) is 5.59. The van der Waals surface area contributed by atoms with Crippen LogP contribution < -0.4 is 10.6 Å². The van der Waals surface area contributed by atoms with Gasteiger partial charge in [-0.3, -0.25) is 4.79 Å². The molecule has 0 bridgehead atoms. The number of carbonyl (C=O) groups is 2. The molecule has 0 unspecified atom stereocenters. The summed E-state index contributed by atoms with van der Waals surface area (Å²) < 4.78 is 26.2. The first-order valence-electron chi connectivity index (χ1n) is 6.86. The lowest BCUT2D eigenvalue weighted by molar-refractivity contribution is -0.132. The fourth-order valence-electron chi connectivity index (χ4n) is 2.07. The summed E-state index contributed by atoms with van der Waals surface area (Å²) in [7, 11) is 0. The molecule has 3 amide bonds. The van der Waals surface area contributed by atoms with Crippen LogP contribution in [0.4, 0.5) is 19.3 Å². The molecular weight excluding hydrogens is 312 g/mol. The van der Waals surface area contributed by atoms with E-state index >= 15 is 0 Å². The van der Waals surface area contributed by atoms with E-state index in [1.165, 1.54) is 0 Å². The number of rotatable bonds is 3. The molecule has 0 saturated carbocycles. The van der Waals surface area contributed by atoms with Crippen LogP contribution >= 0.6 is 11.8 Å². The Hall–Kier alpha value is -1.83. The molecule has 1 atom stereocenters. The highest BCUT2D eigenvalue weighted by Gasteiger charge is 2.23. The van der Waals surface area contributed by atoms with Gasteiger partial charge in [-0.15, -0.1) is 0 Å². The lowest BCUT2D eigenvalue weighted by atomic mass is 10.2. The van der Waals surface area contributed by atoms with E-state index in [1.54, 1.807) is 23.6 Å². The summed E-state index contributed by atoms with van der Waals surface area (Å²) in [6, 6.07) is 1.41. The Balaban J connectivity index is 1.89. The minimum Gasteiger partial charge on any atom is -0.339 e. The molecule has 1 aromatic rings. The number of urea groups is 1. The Morgan fingerprint density at radius 2 is 1.95 bits per heavy atom. The van der Waals surface area contributed by atoms with Crippen molar-refractivity contribution in [3.8, 4) is 0 Å². The Labute approximate surface area is 131 Å². The standard InChI is InChI=1S/C14H17F2N3O2S/c1-9(13(20)19-4-6-22-7-5-19)17-14(21)18-12-3-2-10(15)8-11(12)16/h2-3,8-9H,4-7H2,1H3,(H2,17,18,21)/t9-/m1/s1. The Bertz CT molecular complexity index is 565. The van der Waals surface area contributed by atoms with Gasteiger partial charge in [0.05, 0.1) is 5.69 Å². The molecule has 1 aliphatic rings. The maximum absolute atomic E-state index is 13.4. The number of thioether (sulfide) groups is 1. The summed E-state index contributed by atoms with van der Waals surface area (Å²) in [5.41, 5.74) is -0.145. The van der Waals surface area contributed by atoms with Crippen molar-refractivity contribution in [3.63, 3.8) is 0 Å². The van der Waals surface area contributed by atoms with Gasteiger partial charge in [0.1, 0.15) is 17.7 Å². The summed E-state index contributed by atoms with van der Waals surface area (Å²) in [4.78, 5) is 25.6. The highest BCUT2D eigenvalue weighted by molar-refractivity contribution is 7.99. The Morgan fingerprint density at radius 3 is 2.59 bits per heavy atom. The molecular formula is C14H17F2N3O2S. The maximum atomic E-state index is 13.4. The number of nitrogens with one attached hydrogen (secondary N) is 2. The first kappa shape index (κ1) is 16.5. The van der Waals surface area contributed by atoms with Gasteiger partial charge in [-0.1, -0.05) is 0 Å². The zero-order valence-corrected chi connectivity index (χ0v) is 12.9. The minimum atomic E-state index is -0.873. The normalized spacial score (nSPS) is 16.0. The van der Waals surface area contributed by atoms with E-state index in [-0.39, 0.29) is 11.6 Å². The zero-order chi connectivity index (χ0) is 16.1. The van der Waals surface area contributed by atoms with Crippen LogP contribution in [0.1, 0.15) is 6.92 Å². The number of hydrogen-bond donors (Lipinski definition) is 2. The van der Waals surface area contributed by atoms with Gasteiger partial charge in [-0.2, -0.15) is 11.8 Å². The molecule has 1 aliphatic heterocycles. The van der Waals surface area contributed by atoms with Gasteiger partial charge in [-0.05, 0) is 19.1 Å². The molecule has 2 rings (SSSR count). The number of anilines is 1. The van der Waals surface area contributed by atoms with Crippen LogP contribution in [-0.2, 0) is 4.79 Å². The van der Waals surface area contributed by atoms with Crippen LogP contribution in [-0.4, -0.2) is 47.5 Å². The summed E-state index contributed by atoms with van der Waals surface area (Å²) in [5.74, 6) is -0.0103. The number of halogens is 2. The van der Waals surface area contributed by atoms with Gasteiger partial charge in [0, 0.05) is 30.7 Å². The van der Waals surface area contributed by atoms with Crippen LogP contribution in [0.15, 0.2) is 18.2 Å². The molecule has 1 fully saturated rings. The second-order valence-corrected chi connectivity index (χ2v) is 6.11. The molecule has 1 saturated heterocycles. The largest absolute Gasteiger partial charge is 0.339 e. The second-order valence-electron chi connectivity index (χ2n) is 4.88. The molecule has 1 aromatic carbocycles. The van der Waals surface area contributed by atoms with Crippen molar-refractivity contribution >= 4 is 29.4 Å². The molecule has 0 aliphatic carbocycles. The number of carbonyl (C=O) groups excluding carboxylic acids is 2. The average Bonchev–Trinajstić information content (AvgIpc) is 2.50. The zero-order valence-electron chi connectivity index (χ0n) is 12.1. The van der Waals surface area contributed by atoms with E-state index < -0.39 is 23.7 Å². The van der Waals surface area contributed by atoms with Crippen LogP contribution in [0.5, 0.6) is 0 Å². The first-order chi connectivity index (χ1) is 10.5. The average molecular weight is 329 g/mol. The number of hydrogen-bond acceptors (Lipinski definition) is 3. The lowest BCUT2D eigenvalue weighted by Gasteiger charge is -2.29. The van der Waals surface area contributed by atoms with Gasteiger partial charge in [0.15, 0.2) is 0 Å². The van der Waals surface area contributed by atoms with Gasteiger partial charge in [0.25, 0.3) is 0 Å². The summed E-state index contributed by atoms with van der Waals surface area (Å²) in [6.45, 7) is 2.89. The van der Waals surface area contributed by atoms with Crippen molar-refractivity contribution in [2.75, 3.05) is 29.9 Å². The SMILES string of the molecule is C[C@@H](NC(=O)Nc1ccc(F)cc1F)C(=O)N1CCSCC1. The smallest absolute Gasteiger partial charge is 0.319 e. The van der Waals surface area contributed by atoms with E-state index in [2.05, 4.69) is 10.6 Å². The van der Waals surface area contributed by atoms with Crippen molar-refractivity contribution in [2.24, 2.45) is 0 Å². The topological polar surface area (TPSA) is 61.4 Å². The summed E-state index contributed by atoms with van der Waals surface area (Å²) in [6.07, 6.45) is 0. The first-order valence-corrected chi connectivity index (χ1v) is 8.02. The maximum Gasteiger partial charge on any atom is 0.319 e. The van der Waals surface area contributed by atoms with Gasteiger partial charge >= 0.3 is 6.03 Å². The molecule has 120 valence electrons. The molecule has 0 radical (unpaired) electrons. The van der Waals surface area contributed by atoms with Crippen LogP contribution in [0.25, 0.3) is 0 Å². The van der Waals surface area contributed by atoms with Gasteiger partial charge in [0.2, 0.25) is 5.91 Å². The molecule has 0 spiro atoms. The van der Waals surface area contributed by atoms with E-state index in [9.17, 15) is 18.4 Å². The molecule has 1 heterocycles. The van der Waals surface area contributed by atoms with E-state index in [0.29, 0.717) is 19.2 Å². The molecule has 5 nitrogen and oxygen atoms in total. The minimum absolute atomic E-state index is 0.145. The van der Waals surface area contributed by atoms with E-state index in [4.69, 9.17) is 0 Å². The second kappa shape index (κ2) is 7.44. The van der Waals surface area contributed by atoms with E-state index in [0.717, 1.165) is 23.6 Å². The van der Waals surface area contributed by atoms with Crippen LogP contribution in [0.2, 0.25) is 0 Å². The predicted octanol–water partition coefficient (Wildman–Crippen LogP) is 2.05. The Morgan fingerprint density at radius 1 is 1.27 bits per heavy atom. The number of benzene rings is 1. The third kappa shape index (κ3) is 4.33. The highest BCUT2D eigenvalue weighted by Crippen LogP contribution is 2.15. The van der Waals surface area contributed by atoms with Crippen molar-refractivity contribution in [1.82, 2.24) is 10.2 Å². The summed E-state index contributed by atoms with van der Waals surface area (Å²) >= 11 is 1.78. The molecule has 8 heteroatoms. The van der Waals surface area contributed by atoms with E-state index in [1.807, 2.05) is 0 Å². The third-order valence-corrected chi connectivity index (χ3v) is 4.16. The fourth-order valence-corrected chi connectivity index (χ4v) is 2.97.